The van der Waals surface area contributed by atoms with Crippen molar-refractivity contribution in [3.05, 3.63) is 30.2 Å². The quantitative estimate of drug-likeness (QED) is 0.583. The molecule has 4 heteroatoms. The van der Waals surface area contributed by atoms with Crippen molar-refractivity contribution in [3.63, 3.8) is 0 Å². The summed E-state index contributed by atoms with van der Waals surface area (Å²) in [5.41, 5.74) is 0.552. The number of aliphatic imine (C=N–C) groups is 2. The lowest BCUT2D eigenvalue weighted by molar-refractivity contribution is 0.809. The van der Waals surface area contributed by atoms with Crippen LogP contribution in [0.25, 0.3) is 0 Å². The number of hydrogen-bond acceptors (Lipinski definition) is 4. The molecule has 0 aliphatic carbocycles. The second kappa shape index (κ2) is 2.10. The van der Waals surface area contributed by atoms with Gasteiger partial charge < -0.3 is 0 Å². The molecule has 0 amide bonds. The summed E-state index contributed by atoms with van der Waals surface area (Å²) in [7, 11) is 0. The van der Waals surface area contributed by atoms with E-state index < -0.39 is 5.54 Å². The SMILES string of the molecule is C1=CC2(C=Nc3ncncc32)N=C1. The fraction of sp³-hybridized carbons (Fsp3) is 0.111. The van der Waals surface area contributed by atoms with E-state index in [0.717, 1.165) is 11.4 Å². The molecule has 3 rings (SSSR count). The van der Waals surface area contributed by atoms with E-state index in [1.165, 1.54) is 6.33 Å². The van der Waals surface area contributed by atoms with Crippen LogP contribution in [0.4, 0.5) is 5.82 Å². The Hall–Kier alpha value is -1.84. The summed E-state index contributed by atoms with van der Waals surface area (Å²) in [6.45, 7) is 0. The summed E-state index contributed by atoms with van der Waals surface area (Å²) in [5.74, 6) is 0.721. The highest BCUT2D eigenvalue weighted by Crippen LogP contribution is 2.37. The molecule has 1 atom stereocenters. The molecule has 0 radical (unpaired) electrons. The molecule has 2 aliphatic rings. The highest BCUT2D eigenvalue weighted by Gasteiger charge is 2.35. The zero-order valence-corrected chi connectivity index (χ0v) is 6.75. The van der Waals surface area contributed by atoms with Crippen molar-refractivity contribution < 1.29 is 0 Å². The third-order valence-electron chi connectivity index (χ3n) is 2.23. The van der Waals surface area contributed by atoms with E-state index in [-0.39, 0.29) is 0 Å². The summed E-state index contributed by atoms with van der Waals surface area (Å²) in [5, 5.41) is 0. The number of allylic oxidation sites excluding steroid dienone is 1. The first kappa shape index (κ1) is 6.65. The van der Waals surface area contributed by atoms with Gasteiger partial charge in [-0.05, 0) is 12.2 Å². The molecule has 13 heavy (non-hydrogen) atoms. The summed E-state index contributed by atoms with van der Waals surface area (Å²) in [6.07, 6.45) is 10.7. The maximum Gasteiger partial charge on any atom is 0.161 e. The predicted octanol–water partition coefficient (Wildman–Crippen LogP) is 1.03. The van der Waals surface area contributed by atoms with Crippen LogP contribution >= 0.6 is 0 Å². The summed E-state index contributed by atoms with van der Waals surface area (Å²) in [4.78, 5) is 16.6. The fourth-order valence-corrected chi connectivity index (χ4v) is 1.57. The lowest BCUT2D eigenvalue weighted by atomic mass is 9.97. The first-order valence-corrected chi connectivity index (χ1v) is 3.99. The molecule has 1 aromatic rings. The van der Waals surface area contributed by atoms with Gasteiger partial charge in [0.1, 0.15) is 11.9 Å². The maximum absolute atomic E-state index is 4.34. The van der Waals surface area contributed by atoms with Gasteiger partial charge in [0.15, 0.2) is 5.82 Å². The van der Waals surface area contributed by atoms with Gasteiger partial charge >= 0.3 is 0 Å². The fourth-order valence-electron chi connectivity index (χ4n) is 1.57. The van der Waals surface area contributed by atoms with Crippen molar-refractivity contribution in [1.29, 1.82) is 0 Å². The standard InChI is InChI=1S/C9H6N4/c1-2-9(13-3-1)5-11-8-7(9)4-10-6-12-8/h1-6H. The lowest BCUT2D eigenvalue weighted by Crippen LogP contribution is -2.17. The van der Waals surface area contributed by atoms with Gasteiger partial charge in [-0.15, -0.1) is 0 Å². The molecule has 4 nitrogen and oxygen atoms in total. The van der Waals surface area contributed by atoms with Crippen molar-refractivity contribution in [2.24, 2.45) is 9.98 Å². The van der Waals surface area contributed by atoms with Gasteiger partial charge in [-0.2, -0.15) is 0 Å². The Morgan fingerprint density at radius 1 is 1.31 bits per heavy atom. The van der Waals surface area contributed by atoms with E-state index in [2.05, 4.69) is 20.0 Å². The number of rotatable bonds is 0. The monoisotopic (exact) mass is 170 g/mol. The maximum atomic E-state index is 4.34. The molecule has 0 fully saturated rings. The summed E-state index contributed by atoms with van der Waals surface area (Å²) < 4.78 is 0. The van der Waals surface area contributed by atoms with Crippen molar-refractivity contribution in [2.75, 3.05) is 0 Å². The highest BCUT2D eigenvalue weighted by molar-refractivity contribution is 5.92. The second-order valence-electron chi connectivity index (χ2n) is 2.98. The van der Waals surface area contributed by atoms with E-state index >= 15 is 0 Å². The average molecular weight is 170 g/mol. The third kappa shape index (κ3) is 0.744. The molecule has 62 valence electrons. The summed E-state index contributed by atoms with van der Waals surface area (Å²) in [6, 6.07) is 0. The van der Waals surface area contributed by atoms with Gasteiger partial charge in [0.05, 0.1) is 5.56 Å². The molecule has 0 N–H and O–H groups in total. The second-order valence-corrected chi connectivity index (χ2v) is 2.98. The lowest BCUT2D eigenvalue weighted by Gasteiger charge is -2.13. The van der Waals surface area contributed by atoms with Crippen LogP contribution in [0, 0.1) is 0 Å². The number of hydrogen-bond donors (Lipinski definition) is 0. The number of aromatic nitrogens is 2. The van der Waals surface area contributed by atoms with Crippen LogP contribution in [0.1, 0.15) is 5.56 Å². The van der Waals surface area contributed by atoms with Crippen LogP contribution in [-0.2, 0) is 5.54 Å². The average Bonchev–Trinajstić information content (AvgIpc) is 2.78. The minimum Gasteiger partial charge on any atom is -0.272 e. The number of nitrogens with zero attached hydrogens (tertiary/aromatic N) is 4. The van der Waals surface area contributed by atoms with Crippen LogP contribution in [0.15, 0.2) is 34.7 Å². The molecular formula is C9H6N4. The van der Waals surface area contributed by atoms with Crippen molar-refractivity contribution in [3.8, 4) is 0 Å². The van der Waals surface area contributed by atoms with E-state index in [0.29, 0.717) is 0 Å². The van der Waals surface area contributed by atoms with Gasteiger partial charge in [-0.25, -0.2) is 15.0 Å². The Morgan fingerprint density at radius 3 is 3.15 bits per heavy atom. The van der Waals surface area contributed by atoms with E-state index in [1.54, 1.807) is 18.6 Å². The number of fused-ring (bicyclic) bond motifs is 2. The van der Waals surface area contributed by atoms with Crippen molar-refractivity contribution in [2.45, 2.75) is 5.54 Å². The minimum absolute atomic E-state index is 0.406. The van der Waals surface area contributed by atoms with Crippen LogP contribution in [0.5, 0.6) is 0 Å². The molecule has 0 aromatic carbocycles. The molecular weight excluding hydrogens is 164 g/mol. The predicted molar refractivity (Wildman–Crippen MR) is 49.5 cm³/mol. The first-order valence-electron chi connectivity index (χ1n) is 3.99. The Kier molecular flexibility index (Phi) is 1.07. The highest BCUT2D eigenvalue weighted by atomic mass is 15.0. The molecule has 3 heterocycles. The zero-order chi connectivity index (χ0) is 8.73. The molecule has 2 aliphatic heterocycles. The van der Waals surface area contributed by atoms with Crippen LogP contribution in [0.3, 0.4) is 0 Å². The Balaban J connectivity index is 2.28. The normalized spacial score (nSPS) is 27.4. The topological polar surface area (TPSA) is 50.5 Å². The molecule has 1 spiro atoms. The van der Waals surface area contributed by atoms with E-state index in [4.69, 9.17) is 0 Å². The van der Waals surface area contributed by atoms with Gasteiger partial charge in [-0.3, -0.25) is 4.99 Å². The van der Waals surface area contributed by atoms with Crippen molar-refractivity contribution >= 4 is 18.2 Å². The van der Waals surface area contributed by atoms with E-state index in [1.807, 2.05) is 12.2 Å². The smallest absolute Gasteiger partial charge is 0.161 e. The van der Waals surface area contributed by atoms with Gasteiger partial charge in [-0.1, -0.05) is 0 Å². The Morgan fingerprint density at radius 2 is 2.31 bits per heavy atom. The Bertz CT molecular complexity index is 433. The van der Waals surface area contributed by atoms with Gasteiger partial charge in [0, 0.05) is 18.6 Å². The zero-order valence-electron chi connectivity index (χ0n) is 6.75. The van der Waals surface area contributed by atoms with E-state index in [9.17, 15) is 0 Å². The van der Waals surface area contributed by atoms with Crippen LogP contribution in [0.2, 0.25) is 0 Å². The van der Waals surface area contributed by atoms with Gasteiger partial charge in [0.25, 0.3) is 0 Å². The Labute approximate surface area is 74.8 Å². The van der Waals surface area contributed by atoms with Gasteiger partial charge in [0.2, 0.25) is 0 Å². The molecule has 0 bridgehead atoms. The van der Waals surface area contributed by atoms with Crippen LogP contribution in [-0.4, -0.2) is 22.4 Å². The minimum atomic E-state index is -0.406. The molecule has 1 aromatic heterocycles. The summed E-state index contributed by atoms with van der Waals surface area (Å²) >= 11 is 0. The van der Waals surface area contributed by atoms with Crippen LogP contribution < -0.4 is 0 Å². The third-order valence-corrected chi connectivity index (χ3v) is 2.23. The largest absolute Gasteiger partial charge is 0.272 e. The first-order chi connectivity index (χ1) is 6.41. The molecule has 0 saturated carbocycles. The molecule has 0 saturated heterocycles. The van der Waals surface area contributed by atoms with Crippen molar-refractivity contribution in [1.82, 2.24) is 9.97 Å². The molecule has 1 unspecified atom stereocenters.